The summed E-state index contributed by atoms with van der Waals surface area (Å²) in [4.78, 5) is 0. The van der Waals surface area contributed by atoms with Crippen LogP contribution in [-0.2, 0) is 0 Å². The van der Waals surface area contributed by atoms with Crippen molar-refractivity contribution >= 4 is 11.6 Å². The van der Waals surface area contributed by atoms with Crippen LogP contribution >= 0.6 is 11.6 Å². The first-order valence-electron chi connectivity index (χ1n) is 6.17. The van der Waals surface area contributed by atoms with Gasteiger partial charge in [0, 0.05) is 11.6 Å². The number of hydrogen-bond acceptors (Lipinski definition) is 0. The molecule has 0 saturated heterocycles. The van der Waals surface area contributed by atoms with Gasteiger partial charge in [-0.3, -0.25) is 0 Å². The summed E-state index contributed by atoms with van der Waals surface area (Å²) in [5.74, 6) is -0.0167. The van der Waals surface area contributed by atoms with E-state index in [-0.39, 0.29) is 5.38 Å². The minimum atomic E-state index is -0.549. The fraction of sp³-hybridized carbons (Fsp3) is 0.571. The van der Waals surface area contributed by atoms with Gasteiger partial charge in [-0.05, 0) is 30.7 Å². The summed E-state index contributed by atoms with van der Waals surface area (Å²) < 4.78 is 26.4. The topological polar surface area (TPSA) is 0 Å². The van der Waals surface area contributed by atoms with Crippen molar-refractivity contribution in [1.29, 1.82) is 0 Å². The molecule has 1 aromatic carbocycles. The van der Waals surface area contributed by atoms with Crippen molar-refractivity contribution < 1.29 is 8.78 Å². The van der Waals surface area contributed by atoms with Gasteiger partial charge in [-0.1, -0.05) is 25.8 Å². The summed E-state index contributed by atoms with van der Waals surface area (Å²) in [5.41, 5.74) is 0.438. The largest absolute Gasteiger partial charge is 0.207 e. The maximum atomic E-state index is 13.6. The summed E-state index contributed by atoms with van der Waals surface area (Å²) >= 11 is 6.33. The fourth-order valence-corrected chi connectivity index (χ4v) is 2.99. The van der Waals surface area contributed by atoms with Crippen molar-refractivity contribution in [2.75, 3.05) is 0 Å². The molecule has 1 atom stereocenters. The highest BCUT2D eigenvalue weighted by Crippen LogP contribution is 2.41. The van der Waals surface area contributed by atoms with E-state index in [1.165, 1.54) is 12.1 Å². The smallest absolute Gasteiger partial charge is 0.130 e. The van der Waals surface area contributed by atoms with Crippen molar-refractivity contribution in [2.45, 2.75) is 38.0 Å². The standard InChI is InChI=1S/C14H17ClF2/c1-9-2-4-10(5-3-9)14(15)12-7-6-11(16)8-13(12)17/h6-10,14H,2-5H2,1H3. The highest BCUT2D eigenvalue weighted by Gasteiger charge is 2.27. The third kappa shape index (κ3) is 2.98. The zero-order chi connectivity index (χ0) is 12.4. The Morgan fingerprint density at radius 3 is 2.41 bits per heavy atom. The van der Waals surface area contributed by atoms with Crippen LogP contribution in [0.2, 0.25) is 0 Å². The zero-order valence-electron chi connectivity index (χ0n) is 9.93. The van der Waals surface area contributed by atoms with E-state index >= 15 is 0 Å². The van der Waals surface area contributed by atoms with Gasteiger partial charge in [-0.2, -0.15) is 0 Å². The van der Waals surface area contributed by atoms with Crippen LogP contribution in [0, 0.1) is 23.5 Å². The predicted molar refractivity (Wildman–Crippen MR) is 66.1 cm³/mol. The molecule has 1 saturated carbocycles. The van der Waals surface area contributed by atoms with Crippen molar-refractivity contribution in [3.63, 3.8) is 0 Å². The Kier molecular flexibility index (Phi) is 4.03. The number of halogens is 3. The van der Waals surface area contributed by atoms with Gasteiger partial charge in [0.2, 0.25) is 0 Å². The molecule has 3 heteroatoms. The zero-order valence-corrected chi connectivity index (χ0v) is 10.7. The van der Waals surface area contributed by atoms with Gasteiger partial charge < -0.3 is 0 Å². The molecule has 0 radical (unpaired) electrons. The summed E-state index contributed by atoms with van der Waals surface area (Å²) in [6.07, 6.45) is 4.37. The van der Waals surface area contributed by atoms with E-state index < -0.39 is 11.6 Å². The Bertz CT molecular complexity index is 384. The third-order valence-corrected chi connectivity index (χ3v) is 4.33. The second kappa shape index (κ2) is 5.34. The molecule has 0 nitrogen and oxygen atoms in total. The molecule has 0 spiro atoms. The van der Waals surface area contributed by atoms with Crippen molar-refractivity contribution in [2.24, 2.45) is 11.8 Å². The van der Waals surface area contributed by atoms with E-state index in [0.29, 0.717) is 11.5 Å². The Hall–Kier alpha value is -0.630. The molecule has 17 heavy (non-hydrogen) atoms. The van der Waals surface area contributed by atoms with Gasteiger partial charge >= 0.3 is 0 Å². The molecule has 0 N–H and O–H groups in total. The van der Waals surface area contributed by atoms with Gasteiger partial charge in [0.05, 0.1) is 5.38 Å². The summed E-state index contributed by atoms with van der Waals surface area (Å²) in [6.45, 7) is 2.23. The second-order valence-electron chi connectivity index (χ2n) is 5.09. The van der Waals surface area contributed by atoms with Crippen LogP contribution in [0.3, 0.4) is 0 Å². The summed E-state index contributed by atoms with van der Waals surface area (Å²) in [5, 5.41) is -0.330. The average molecular weight is 259 g/mol. The molecule has 0 bridgehead atoms. The van der Waals surface area contributed by atoms with Gasteiger partial charge in [-0.25, -0.2) is 8.78 Å². The average Bonchev–Trinajstić information content (AvgIpc) is 2.29. The molecule has 0 aliphatic heterocycles. The first-order valence-corrected chi connectivity index (χ1v) is 6.60. The third-order valence-electron chi connectivity index (χ3n) is 3.73. The molecule has 1 unspecified atom stereocenters. The van der Waals surface area contributed by atoms with Crippen LogP contribution in [0.5, 0.6) is 0 Å². The lowest BCUT2D eigenvalue weighted by atomic mass is 9.80. The van der Waals surface area contributed by atoms with E-state index in [0.717, 1.165) is 37.7 Å². The lowest BCUT2D eigenvalue weighted by molar-refractivity contribution is 0.281. The molecule has 0 aromatic heterocycles. The molecule has 1 fully saturated rings. The first kappa shape index (κ1) is 12.8. The van der Waals surface area contributed by atoms with Gasteiger partial charge in [-0.15, -0.1) is 11.6 Å². The van der Waals surface area contributed by atoms with Crippen molar-refractivity contribution in [1.82, 2.24) is 0 Å². The number of hydrogen-bond donors (Lipinski definition) is 0. The molecule has 1 aromatic rings. The van der Waals surface area contributed by atoms with Crippen LogP contribution in [0.15, 0.2) is 18.2 Å². The summed E-state index contributed by atoms with van der Waals surface area (Å²) in [6, 6.07) is 3.66. The van der Waals surface area contributed by atoms with Crippen LogP contribution in [0.25, 0.3) is 0 Å². The first-order chi connectivity index (χ1) is 8.08. The predicted octanol–water partition coefficient (Wildman–Crippen LogP) is 5.07. The van der Waals surface area contributed by atoms with Crippen molar-refractivity contribution in [3.8, 4) is 0 Å². The van der Waals surface area contributed by atoms with Crippen LogP contribution in [0.4, 0.5) is 8.78 Å². The quantitative estimate of drug-likeness (QED) is 0.650. The number of benzene rings is 1. The monoisotopic (exact) mass is 258 g/mol. The summed E-state index contributed by atoms with van der Waals surface area (Å²) in [7, 11) is 0. The molecule has 0 amide bonds. The Labute approximate surface area is 106 Å². The van der Waals surface area contributed by atoms with Crippen molar-refractivity contribution in [3.05, 3.63) is 35.4 Å². The van der Waals surface area contributed by atoms with Crippen LogP contribution in [0.1, 0.15) is 43.5 Å². The van der Waals surface area contributed by atoms with E-state index in [1.54, 1.807) is 0 Å². The molecular formula is C14H17ClF2. The van der Waals surface area contributed by atoms with E-state index in [2.05, 4.69) is 6.92 Å². The Balaban J connectivity index is 2.11. The normalized spacial score (nSPS) is 26.8. The SMILES string of the molecule is CC1CCC(C(Cl)c2ccc(F)cc2F)CC1. The lowest BCUT2D eigenvalue weighted by Gasteiger charge is -2.29. The Morgan fingerprint density at radius 1 is 1.18 bits per heavy atom. The molecule has 2 rings (SSSR count). The highest BCUT2D eigenvalue weighted by molar-refractivity contribution is 6.21. The van der Waals surface area contributed by atoms with Crippen LogP contribution in [-0.4, -0.2) is 0 Å². The second-order valence-corrected chi connectivity index (χ2v) is 5.56. The maximum Gasteiger partial charge on any atom is 0.130 e. The van der Waals surface area contributed by atoms with E-state index in [9.17, 15) is 8.78 Å². The lowest BCUT2D eigenvalue weighted by Crippen LogP contribution is -2.17. The number of rotatable bonds is 2. The van der Waals surface area contributed by atoms with Gasteiger partial charge in [0.1, 0.15) is 11.6 Å². The number of alkyl halides is 1. The van der Waals surface area contributed by atoms with E-state index in [4.69, 9.17) is 11.6 Å². The van der Waals surface area contributed by atoms with E-state index in [1.807, 2.05) is 0 Å². The molecule has 94 valence electrons. The van der Waals surface area contributed by atoms with Gasteiger partial charge in [0.25, 0.3) is 0 Å². The molecular weight excluding hydrogens is 242 g/mol. The minimum absolute atomic E-state index is 0.313. The minimum Gasteiger partial charge on any atom is -0.207 e. The maximum absolute atomic E-state index is 13.6. The highest BCUT2D eigenvalue weighted by atomic mass is 35.5. The van der Waals surface area contributed by atoms with Gasteiger partial charge in [0.15, 0.2) is 0 Å². The fourth-order valence-electron chi connectivity index (χ4n) is 2.56. The Morgan fingerprint density at radius 2 is 1.82 bits per heavy atom. The molecule has 0 heterocycles. The molecule has 1 aliphatic carbocycles. The molecule has 1 aliphatic rings. The van der Waals surface area contributed by atoms with Crippen LogP contribution < -0.4 is 0 Å².